The first-order valence-electron chi connectivity index (χ1n) is 9.27. The maximum atomic E-state index is 10.6. The molecule has 146 valence electrons. The van der Waals surface area contributed by atoms with E-state index < -0.39 is 6.10 Å². The lowest BCUT2D eigenvalue weighted by atomic mass is 10.1. The number of benzene rings is 3. The van der Waals surface area contributed by atoms with E-state index in [1.54, 1.807) is 0 Å². The Balaban J connectivity index is 0.00000225. The van der Waals surface area contributed by atoms with E-state index in [0.717, 1.165) is 22.0 Å². The molecule has 1 heterocycles. The van der Waals surface area contributed by atoms with Gasteiger partial charge in [-0.3, -0.25) is 0 Å². The molecule has 0 aliphatic heterocycles. The van der Waals surface area contributed by atoms with Gasteiger partial charge in [-0.15, -0.1) is 0 Å². The van der Waals surface area contributed by atoms with E-state index in [2.05, 4.69) is 47.2 Å². The third-order valence-electron chi connectivity index (χ3n) is 5.18. The molecule has 1 aromatic heterocycles. The fraction of sp³-hybridized carbons (Fsp3) is 0.261. The number of fused-ring (bicyclic) bond motifs is 2. The number of hydrogen-bond donors (Lipinski definition) is 1. The van der Waals surface area contributed by atoms with Crippen LogP contribution in [0.1, 0.15) is 11.1 Å². The van der Waals surface area contributed by atoms with Crippen molar-refractivity contribution in [2.45, 2.75) is 26.5 Å². The van der Waals surface area contributed by atoms with E-state index in [1.165, 1.54) is 16.6 Å². The lowest BCUT2D eigenvalue weighted by Gasteiger charge is -2.13. The molecule has 3 aromatic carbocycles. The number of aryl methyl sites for hydroxylation is 3. The number of halogens is 1. The van der Waals surface area contributed by atoms with Gasteiger partial charge in [0.2, 0.25) is 6.33 Å². The maximum absolute atomic E-state index is 10.6. The van der Waals surface area contributed by atoms with Crippen LogP contribution in [0.2, 0.25) is 0 Å². The van der Waals surface area contributed by atoms with Crippen LogP contribution in [0, 0.1) is 13.8 Å². The van der Waals surface area contributed by atoms with Gasteiger partial charge in [0.25, 0.3) is 0 Å². The van der Waals surface area contributed by atoms with Gasteiger partial charge in [-0.05, 0) is 48.6 Å². The zero-order chi connectivity index (χ0) is 19.0. The van der Waals surface area contributed by atoms with Crippen molar-refractivity contribution < 1.29 is 38.4 Å². The van der Waals surface area contributed by atoms with E-state index in [9.17, 15) is 5.11 Å². The molecule has 0 saturated carbocycles. The van der Waals surface area contributed by atoms with Crippen LogP contribution < -0.4 is 33.3 Å². The summed E-state index contributed by atoms with van der Waals surface area (Å²) in [5, 5.41) is 12.8. The molecule has 4 rings (SSSR count). The molecule has 1 N–H and O–H groups in total. The van der Waals surface area contributed by atoms with Crippen LogP contribution in [-0.4, -0.2) is 22.4 Å². The van der Waals surface area contributed by atoms with Crippen molar-refractivity contribution in [3.05, 3.63) is 72.1 Å². The summed E-state index contributed by atoms with van der Waals surface area (Å²) in [5.41, 5.74) is 4.82. The zero-order valence-corrected chi connectivity index (χ0v) is 18.6. The molecule has 28 heavy (non-hydrogen) atoms. The van der Waals surface area contributed by atoms with Crippen LogP contribution >= 0.6 is 0 Å². The van der Waals surface area contributed by atoms with Crippen molar-refractivity contribution in [1.82, 2.24) is 4.57 Å². The summed E-state index contributed by atoms with van der Waals surface area (Å²) in [7, 11) is 2.03. The van der Waals surface area contributed by atoms with Crippen LogP contribution in [0.25, 0.3) is 21.8 Å². The van der Waals surface area contributed by atoms with Crippen molar-refractivity contribution in [3.8, 4) is 5.75 Å². The fourth-order valence-electron chi connectivity index (χ4n) is 3.56. The third-order valence-corrected chi connectivity index (χ3v) is 5.18. The van der Waals surface area contributed by atoms with Gasteiger partial charge in [0.1, 0.15) is 25.0 Å². The summed E-state index contributed by atoms with van der Waals surface area (Å²) in [6.45, 7) is 4.98. The third kappa shape index (κ3) is 4.00. The Morgan fingerprint density at radius 1 is 1.04 bits per heavy atom. The quantitative estimate of drug-likeness (QED) is 0.332. The number of aliphatic hydroxyl groups is 1. The molecule has 5 heteroatoms. The predicted molar refractivity (Wildman–Crippen MR) is 108 cm³/mol. The van der Waals surface area contributed by atoms with Crippen molar-refractivity contribution in [2.24, 2.45) is 7.05 Å². The lowest BCUT2D eigenvalue weighted by molar-refractivity contribution is -0.645. The smallest absolute Gasteiger partial charge is 0.244 e. The molecule has 4 aromatic rings. The number of ether oxygens (including phenoxy) is 1. The molecule has 0 amide bonds. The monoisotopic (exact) mass is 488 g/mol. The summed E-state index contributed by atoms with van der Waals surface area (Å²) in [6.07, 6.45) is 1.44. The van der Waals surface area contributed by atoms with E-state index in [-0.39, 0.29) is 30.6 Å². The normalized spacial score (nSPS) is 12.1. The molecule has 0 spiro atoms. The lowest BCUT2D eigenvalue weighted by Crippen LogP contribution is -3.00. The predicted octanol–water partition coefficient (Wildman–Crippen LogP) is 0.680. The topological polar surface area (TPSA) is 38.3 Å². The number of hydrogen-bond acceptors (Lipinski definition) is 2. The molecule has 0 fully saturated rings. The van der Waals surface area contributed by atoms with Crippen molar-refractivity contribution in [3.63, 3.8) is 0 Å². The minimum atomic E-state index is -0.596. The van der Waals surface area contributed by atoms with E-state index in [1.807, 2.05) is 43.7 Å². The van der Waals surface area contributed by atoms with Gasteiger partial charge in [0.05, 0.1) is 7.05 Å². The highest BCUT2D eigenvalue weighted by atomic mass is 127. The molecule has 0 radical (unpaired) electrons. The van der Waals surface area contributed by atoms with Crippen molar-refractivity contribution >= 4 is 21.8 Å². The van der Waals surface area contributed by atoms with Gasteiger partial charge in [-0.2, -0.15) is 0 Å². The van der Waals surface area contributed by atoms with Crippen molar-refractivity contribution in [2.75, 3.05) is 6.61 Å². The molecule has 4 nitrogen and oxygen atoms in total. The summed E-state index contributed by atoms with van der Waals surface area (Å²) < 4.78 is 10.1. The number of aliphatic hydroxyl groups excluding tert-OH is 1. The first-order chi connectivity index (χ1) is 13.0. The minimum Gasteiger partial charge on any atom is -1.00 e. The Morgan fingerprint density at radius 2 is 1.75 bits per heavy atom. The highest BCUT2D eigenvalue weighted by Gasteiger charge is 2.18. The van der Waals surface area contributed by atoms with Crippen molar-refractivity contribution in [1.29, 1.82) is 0 Å². The average Bonchev–Trinajstić information content (AvgIpc) is 2.95. The number of imidazole rings is 1. The minimum absolute atomic E-state index is 0. The first-order valence-corrected chi connectivity index (χ1v) is 9.27. The van der Waals surface area contributed by atoms with Gasteiger partial charge < -0.3 is 33.8 Å². The average molecular weight is 488 g/mol. The van der Waals surface area contributed by atoms with Gasteiger partial charge in [-0.1, -0.05) is 36.4 Å². The Morgan fingerprint density at radius 3 is 2.57 bits per heavy atom. The Hall–Kier alpha value is -2.12. The highest BCUT2D eigenvalue weighted by molar-refractivity contribution is 5.88. The van der Waals surface area contributed by atoms with Gasteiger partial charge in [-0.25, -0.2) is 9.13 Å². The number of aromatic nitrogens is 2. The standard InChI is InChI=1S/C23H25N2O2.HI/c1-16-11-21-22(12-17(16)2)25(15-24(21)3)13-19(26)14-27-23-10-6-8-18-7-4-5-9-20(18)23;/h4-12,15,19,26H,13-14H2,1-3H3;1H/q+1;/p-1. The van der Waals surface area contributed by atoms with Crippen LogP contribution in [-0.2, 0) is 13.6 Å². The van der Waals surface area contributed by atoms with Gasteiger partial charge in [0.15, 0.2) is 11.0 Å². The summed E-state index contributed by atoms with van der Waals surface area (Å²) in [5.74, 6) is 0.807. The molecular weight excluding hydrogens is 463 g/mol. The fourth-order valence-corrected chi connectivity index (χ4v) is 3.56. The largest absolute Gasteiger partial charge is 1.00 e. The summed E-state index contributed by atoms with van der Waals surface area (Å²) in [6, 6.07) is 18.5. The summed E-state index contributed by atoms with van der Waals surface area (Å²) in [4.78, 5) is 0. The van der Waals surface area contributed by atoms with Gasteiger partial charge >= 0.3 is 0 Å². The van der Waals surface area contributed by atoms with E-state index in [0.29, 0.717) is 6.54 Å². The Kier molecular flexibility index (Phi) is 6.25. The SMILES string of the molecule is Cc1cc2c(cc1C)[n+](C)cn2CC(O)COc1cccc2ccccc12.[I-]. The van der Waals surface area contributed by atoms with Crippen LogP contribution in [0.5, 0.6) is 5.75 Å². The molecule has 0 bridgehead atoms. The number of nitrogens with zero attached hydrogens (tertiary/aromatic N) is 2. The molecule has 1 unspecified atom stereocenters. The first kappa shape index (κ1) is 20.6. The molecular formula is C23H25IN2O2. The number of rotatable bonds is 5. The van der Waals surface area contributed by atoms with E-state index >= 15 is 0 Å². The van der Waals surface area contributed by atoms with E-state index in [4.69, 9.17) is 4.74 Å². The molecule has 0 aliphatic carbocycles. The second-order valence-corrected chi connectivity index (χ2v) is 7.25. The van der Waals surface area contributed by atoms with Gasteiger partial charge in [0, 0.05) is 5.39 Å². The Bertz CT molecular complexity index is 1120. The Labute approximate surface area is 182 Å². The molecule has 0 aliphatic rings. The molecule has 1 atom stereocenters. The second kappa shape index (κ2) is 8.49. The zero-order valence-electron chi connectivity index (χ0n) is 16.4. The van der Waals surface area contributed by atoms with Crippen LogP contribution in [0.4, 0.5) is 0 Å². The maximum Gasteiger partial charge on any atom is 0.244 e. The summed E-state index contributed by atoms with van der Waals surface area (Å²) >= 11 is 0. The van der Waals surface area contributed by atoms with Crippen LogP contribution in [0.15, 0.2) is 60.9 Å². The second-order valence-electron chi connectivity index (χ2n) is 7.25. The highest BCUT2D eigenvalue weighted by Crippen LogP contribution is 2.25. The molecule has 0 saturated heterocycles. The van der Waals surface area contributed by atoms with Crippen LogP contribution in [0.3, 0.4) is 0 Å².